The fourth-order valence-electron chi connectivity index (χ4n) is 4.67. The monoisotopic (exact) mass is 424 g/mol. The van der Waals surface area contributed by atoms with Crippen molar-refractivity contribution >= 4 is 45.4 Å². The standard InChI is InChI=1S/C26H24N4O2/c31-26-24-21-7-5-18-16-28-19(15-22(18)25(21)29-23(24)8-9-27-26)6-4-17-2-1-3-20(14-17)30-10-12-32-13-11-30/h1-7,14-16,28H,8-13H2,(H,27,31). The number of amides is 1. The van der Waals surface area contributed by atoms with E-state index in [9.17, 15) is 4.79 Å². The van der Waals surface area contributed by atoms with Crippen LogP contribution in [0.25, 0.3) is 33.8 Å². The highest BCUT2D eigenvalue weighted by atomic mass is 16.5. The second-order valence-corrected chi connectivity index (χ2v) is 8.32. The molecule has 1 amide bonds. The van der Waals surface area contributed by atoms with Crippen molar-refractivity contribution < 1.29 is 9.53 Å². The second-order valence-electron chi connectivity index (χ2n) is 8.32. The quantitative estimate of drug-likeness (QED) is 0.521. The third-order valence-electron chi connectivity index (χ3n) is 6.33. The smallest absolute Gasteiger partial charge is 0.253 e. The third kappa shape index (κ3) is 3.33. The molecule has 6 heteroatoms. The summed E-state index contributed by atoms with van der Waals surface area (Å²) >= 11 is 0. The zero-order chi connectivity index (χ0) is 21.5. The molecular formula is C26H24N4O2. The van der Waals surface area contributed by atoms with Crippen LogP contribution in [0.1, 0.15) is 27.3 Å². The molecule has 2 aliphatic rings. The third-order valence-corrected chi connectivity index (χ3v) is 6.33. The maximum absolute atomic E-state index is 12.4. The van der Waals surface area contributed by atoms with Gasteiger partial charge in [0, 0.05) is 54.4 Å². The van der Waals surface area contributed by atoms with Crippen LogP contribution in [0, 0.1) is 0 Å². The fraction of sp³-hybridized carbons (Fsp3) is 0.231. The molecule has 6 nitrogen and oxygen atoms in total. The van der Waals surface area contributed by atoms with Crippen LogP contribution < -0.4 is 10.2 Å². The number of rotatable bonds is 3. The first-order chi connectivity index (χ1) is 15.8. The number of hydrogen-bond donors (Lipinski definition) is 2. The van der Waals surface area contributed by atoms with E-state index in [0.29, 0.717) is 6.54 Å². The average Bonchev–Trinajstić information content (AvgIpc) is 3.24. The second kappa shape index (κ2) is 7.80. The van der Waals surface area contributed by atoms with Crippen molar-refractivity contribution in [3.8, 4) is 0 Å². The summed E-state index contributed by atoms with van der Waals surface area (Å²) in [7, 11) is 0. The highest BCUT2D eigenvalue weighted by molar-refractivity contribution is 6.15. The average molecular weight is 425 g/mol. The maximum Gasteiger partial charge on any atom is 0.253 e. The van der Waals surface area contributed by atoms with Crippen LogP contribution in [0.5, 0.6) is 0 Å². The van der Waals surface area contributed by atoms with Gasteiger partial charge in [-0.15, -0.1) is 0 Å². The van der Waals surface area contributed by atoms with Crippen molar-refractivity contribution in [3.63, 3.8) is 0 Å². The van der Waals surface area contributed by atoms with Crippen molar-refractivity contribution in [1.29, 1.82) is 0 Å². The molecule has 1 fully saturated rings. The maximum atomic E-state index is 12.4. The van der Waals surface area contributed by atoms with Gasteiger partial charge in [0.05, 0.1) is 30.0 Å². The largest absolute Gasteiger partial charge is 0.378 e. The number of aromatic amines is 1. The van der Waals surface area contributed by atoms with Gasteiger partial charge in [-0.2, -0.15) is 0 Å². The predicted octanol–water partition coefficient (Wildman–Crippen LogP) is 4.01. The number of nitrogens with one attached hydrogen (secondary N) is 2. The molecule has 0 radical (unpaired) electrons. The van der Waals surface area contributed by atoms with Gasteiger partial charge in [-0.1, -0.05) is 30.3 Å². The molecule has 2 aromatic carbocycles. The van der Waals surface area contributed by atoms with E-state index in [4.69, 9.17) is 9.72 Å². The SMILES string of the molecule is O=C1NCCc2nc3c(ccc4c[nH]c(C=Cc5cccc(N6CCOCC6)c5)cc43)c21. The number of benzene rings is 2. The number of fused-ring (bicyclic) bond motifs is 5. The summed E-state index contributed by atoms with van der Waals surface area (Å²) in [6.45, 7) is 4.06. The summed E-state index contributed by atoms with van der Waals surface area (Å²) in [4.78, 5) is 23.0. The summed E-state index contributed by atoms with van der Waals surface area (Å²) in [6.07, 6.45) is 7.00. The lowest BCUT2D eigenvalue weighted by Gasteiger charge is -2.29. The van der Waals surface area contributed by atoms with Gasteiger partial charge in [-0.25, -0.2) is 0 Å². The van der Waals surface area contributed by atoms with E-state index >= 15 is 0 Å². The zero-order valence-electron chi connectivity index (χ0n) is 17.7. The van der Waals surface area contributed by atoms with Crippen molar-refractivity contribution in [2.45, 2.75) is 6.42 Å². The normalized spacial score (nSPS) is 16.6. The Bertz CT molecular complexity index is 1370. The molecule has 4 heterocycles. The van der Waals surface area contributed by atoms with Gasteiger partial charge in [0.1, 0.15) is 0 Å². The molecule has 0 aliphatic carbocycles. The molecule has 160 valence electrons. The van der Waals surface area contributed by atoms with Crippen LogP contribution in [0.4, 0.5) is 5.69 Å². The van der Waals surface area contributed by atoms with Gasteiger partial charge >= 0.3 is 0 Å². The number of aromatic nitrogens is 2. The summed E-state index contributed by atoms with van der Waals surface area (Å²) in [5.74, 6) is -0.0177. The molecule has 2 aromatic heterocycles. The Morgan fingerprint density at radius 2 is 1.94 bits per heavy atom. The Hall–Kier alpha value is -3.64. The number of carbonyl (C=O) groups is 1. The minimum absolute atomic E-state index is 0.0177. The van der Waals surface area contributed by atoms with Gasteiger partial charge in [-0.05, 0) is 35.2 Å². The van der Waals surface area contributed by atoms with E-state index in [1.165, 1.54) is 5.69 Å². The van der Waals surface area contributed by atoms with E-state index in [2.05, 4.69) is 63.8 Å². The molecule has 1 saturated heterocycles. The molecule has 0 atom stereocenters. The lowest BCUT2D eigenvalue weighted by Crippen LogP contribution is -2.36. The summed E-state index contributed by atoms with van der Waals surface area (Å²) in [6, 6.07) is 14.8. The Morgan fingerprint density at radius 1 is 1.03 bits per heavy atom. The number of hydrogen-bond acceptors (Lipinski definition) is 4. The number of H-pyrrole nitrogens is 1. The number of carbonyl (C=O) groups excluding carboxylic acids is 1. The topological polar surface area (TPSA) is 70.2 Å². The summed E-state index contributed by atoms with van der Waals surface area (Å²) < 4.78 is 5.47. The summed E-state index contributed by atoms with van der Waals surface area (Å²) in [5.41, 5.74) is 5.91. The lowest BCUT2D eigenvalue weighted by atomic mass is 10.0. The van der Waals surface area contributed by atoms with E-state index in [0.717, 1.165) is 76.9 Å². The van der Waals surface area contributed by atoms with Gasteiger partial charge in [0.15, 0.2) is 0 Å². The molecular weight excluding hydrogens is 400 g/mol. The molecule has 0 unspecified atom stereocenters. The van der Waals surface area contributed by atoms with Crippen molar-refractivity contribution in [3.05, 3.63) is 71.2 Å². The van der Waals surface area contributed by atoms with Crippen molar-refractivity contribution in [2.24, 2.45) is 0 Å². The van der Waals surface area contributed by atoms with E-state index < -0.39 is 0 Å². The Morgan fingerprint density at radius 3 is 2.84 bits per heavy atom. The van der Waals surface area contributed by atoms with Gasteiger partial charge in [-0.3, -0.25) is 9.78 Å². The van der Waals surface area contributed by atoms with Gasteiger partial charge < -0.3 is 19.9 Å². The van der Waals surface area contributed by atoms with Crippen LogP contribution in [-0.2, 0) is 11.2 Å². The molecule has 2 N–H and O–H groups in total. The molecule has 6 rings (SSSR count). The lowest BCUT2D eigenvalue weighted by molar-refractivity contribution is 0.0947. The minimum Gasteiger partial charge on any atom is -0.378 e. The van der Waals surface area contributed by atoms with Crippen LogP contribution in [-0.4, -0.2) is 48.7 Å². The molecule has 32 heavy (non-hydrogen) atoms. The number of pyridine rings is 1. The number of anilines is 1. The Labute approximate surface area is 185 Å². The first-order valence-electron chi connectivity index (χ1n) is 11.1. The van der Waals surface area contributed by atoms with Crippen LogP contribution in [0.3, 0.4) is 0 Å². The molecule has 4 aromatic rings. The predicted molar refractivity (Wildman–Crippen MR) is 128 cm³/mol. The van der Waals surface area contributed by atoms with Crippen molar-refractivity contribution in [2.75, 3.05) is 37.7 Å². The van der Waals surface area contributed by atoms with E-state index in [-0.39, 0.29) is 5.91 Å². The van der Waals surface area contributed by atoms with Gasteiger partial charge in [0.2, 0.25) is 0 Å². The number of morpholine rings is 1. The van der Waals surface area contributed by atoms with Crippen LogP contribution in [0.15, 0.2) is 48.7 Å². The van der Waals surface area contributed by atoms with Gasteiger partial charge in [0.25, 0.3) is 5.91 Å². The Balaban J connectivity index is 1.35. The van der Waals surface area contributed by atoms with Crippen LogP contribution >= 0.6 is 0 Å². The molecule has 0 saturated carbocycles. The Kier molecular flexibility index (Phi) is 4.65. The first-order valence-corrected chi connectivity index (χ1v) is 11.1. The molecule has 0 spiro atoms. The van der Waals surface area contributed by atoms with Crippen LogP contribution in [0.2, 0.25) is 0 Å². The highest BCUT2D eigenvalue weighted by Gasteiger charge is 2.23. The fourth-order valence-corrected chi connectivity index (χ4v) is 4.67. The number of ether oxygens (including phenoxy) is 1. The zero-order valence-corrected chi connectivity index (χ0v) is 17.7. The van der Waals surface area contributed by atoms with E-state index in [1.807, 2.05) is 12.3 Å². The number of nitrogens with zero attached hydrogens (tertiary/aromatic N) is 2. The molecule has 2 aliphatic heterocycles. The van der Waals surface area contributed by atoms with Crippen molar-refractivity contribution in [1.82, 2.24) is 15.3 Å². The first kappa shape index (κ1) is 19.1. The van der Waals surface area contributed by atoms with E-state index in [1.54, 1.807) is 0 Å². The minimum atomic E-state index is -0.0177. The summed E-state index contributed by atoms with van der Waals surface area (Å²) in [5, 5.41) is 6.01. The molecule has 0 bridgehead atoms. The highest BCUT2D eigenvalue weighted by Crippen LogP contribution is 2.31.